The van der Waals surface area contributed by atoms with E-state index in [1.165, 1.54) is 17.5 Å². The third kappa shape index (κ3) is 3.17. The molecule has 0 heterocycles. The van der Waals surface area contributed by atoms with Crippen molar-refractivity contribution in [3.63, 3.8) is 0 Å². The number of aliphatic hydroxyl groups excluding tert-OH is 1. The molecule has 1 aliphatic carbocycles. The fourth-order valence-corrected chi connectivity index (χ4v) is 3.26. The Morgan fingerprint density at radius 3 is 2.43 bits per heavy atom. The average molecular weight is 281 g/mol. The Morgan fingerprint density at radius 2 is 1.67 bits per heavy atom. The van der Waals surface area contributed by atoms with E-state index in [2.05, 4.69) is 36.5 Å². The van der Waals surface area contributed by atoms with Gasteiger partial charge in [-0.2, -0.15) is 0 Å². The number of aliphatic hydroxyl groups is 1. The lowest BCUT2D eigenvalue weighted by Gasteiger charge is -2.31. The van der Waals surface area contributed by atoms with Gasteiger partial charge in [0.2, 0.25) is 0 Å². The van der Waals surface area contributed by atoms with Gasteiger partial charge < -0.3 is 10.4 Å². The van der Waals surface area contributed by atoms with Crippen molar-refractivity contribution in [2.45, 2.75) is 37.8 Å². The summed E-state index contributed by atoms with van der Waals surface area (Å²) in [6.45, 7) is 2.89. The minimum atomic E-state index is -0.447. The van der Waals surface area contributed by atoms with Gasteiger partial charge in [-0.05, 0) is 35.4 Å². The second-order valence-electron chi connectivity index (χ2n) is 5.99. The van der Waals surface area contributed by atoms with Crippen LogP contribution in [0.5, 0.6) is 0 Å². The van der Waals surface area contributed by atoms with Crippen LogP contribution in [0.1, 0.15) is 54.5 Å². The van der Waals surface area contributed by atoms with Crippen molar-refractivity contribution < 1.29 is 5.11 Å². The molecule has 2 aromatic carbocycles. The van der Waals surface area contributed by atoms with Crippen LogP contribution in [0.15, 0.2) is 54.6 Å². The van der Waals surface area contributed by atoms with Crippen molar-refractivity contribution in [3.8, 4) is 0 Å². The van der Waals surface area contributed by atoms with Gasteiger partial charge in [-0.1, -0.05) is 61.5 Å². The van der Waals surface area contributed by atoms with E-state index < -0.39 is 6.10 Å². The van der Waals surface area contributed by atoms with Crippen LogP contribution in [0, 0.1) is 0 Å². The Morgan fingerprint density at radius 1 is 1.00 bits per heavy atom. The summed E-state index contributed by atoms with van der Waals surface area (Å²) >= 11 is 0. The summed E-state index contributed by atoms with van der Waals surface area (Å²) in [5.41, 5.74) is 3.83. The smallest absolute Gasteiger partial charge is 0.0914 e. The van der Waals surface area contributed by atoms with E-state index in [-0.39, 0.29) is 0 Å². The van der Waals surface area contributed by atoms with E-state index in [0.29, 0.717) is 18.5 Å². The fourth-order valence-electron chi connectivity index (χ4n) is 3.26. The first-order valence-electron chi connectivity index (χ1n) is 7.81. The molecule has 0 fully saturated rings. The SMILES string of the molecule is CC1CCC(NCC(O)c2ccccc2)c2ccccc21. The van der Waals surface area contributed by atoms with Gasteiger partial charge >= 0.3 is 0 Å². The Labute approximate surface area is 126 Å². The van der Waals surface area contributed by atoms with Gasteiger partial charge in [-0.25, -0.2) is 0 Å². The standard InChI is InChI=1S/C19H23NO/c1-14-11-12-18(17-10-6-5-9-16(14)17)20-13-19(21)15-7-3-2-4-8-15/h2-10,14,18-21H,11-13H2,1H3. The van der Waals surface area contributed by atoms with Crippen LogP contribution in [0.2, 0.25) is 0 Å². The van der Waals surface area contributed by atoms with E-state index in [1.54, 1.807) is 0 Å². The van der Waals surface area contributed by atoms with Gasteiger partial charge in [0.25, 0.3) is 0 Å². The Hall–Kier alpha value is -1.64. The normalized spacial score (nSPS) is 22.6. The molecule has 0 spiro atoms. The maximum absolute atomic E-state index is 10.3. The fraction of sp³-hybridized carbons (Fsp3) is 0.368. The molecular weight excluding hydrogens is 258 g/mol. The minimum absolute atomic E-state index is 0.357. The molecule has 0 aliphatic heterocycles. The summed E-state index contributed by atoms with van der Waals surface area (Å²) < 4.78 is 0. The number of benzene rings is 2. The van der Waals surface area contributed by atoms with Crippen molar-refractivity contribution >= 4 is 0 Å². The number of rotatable bonds is 4. The van der Waals surface area contributed by atoms with Crippen LogP contribution in [-0.2, 0) is 0 Å². The Bertz CT molecular complexity index is 581. The largest absolute Gasteiger partial charge is 0.387 e. The van der Waals surface area contributed by atoms with E-state index >= 15 is 0 Å². The molecule has 1 aliphatic rings. The molecule has 110 valence electrons. The molecule has 0 saturated heterocycles. The molecule has 2 heteroatoms. The van der Waals surface area contributed by atoms with Crippen LogP contribution in [0.3, 0.4) is 0 Å². The summed E-state index contributed by atoms with van der Waals surface area (Å²) in [5, 5.41) is 13.8. The molecule has 3 atom stereocenters. The molecule has 0 radical (unpaired) electrons. The maximum Gasteiger partial charge on any atom is 0.0914 e. The predicted molar refractivity (Wildman–Crippen MR) is 86.2 cm³/mol. The van der Waals surface area contributed by atoms with Gasteiger partial charge in [0.05, 0.1) is 6.10 Å². The third-order valence-electron chi connectivity index (χ3n) is 4.53. The molecule has 2 N–H and O–H groups in total. The van der Waals surface area contributed by atoms with Crippen molar-refractivity contribution in [1.29, 1.82) is 0 Å². The molecule has 21 heavy (non-hydrogen) atoms. The van der Waals surface area contributed by atoms with Crippen LogP contribution >= 0.6 is 0 Å². The predicted octanol–water partition coefficient (Wildman–Crippen LogP) is 3.95. The quantitative estimate of drug-likeness (QED) is 0.889. The zero-order valence-electron chi connectivity index (χ0n) is 12.5. The molecule has 0 bridgehead atoms. The summed E-state index contributed by atoms with van der Waals surface area (Å²) in [6.07, 6.45) is 1.90. The molecule has 0 saturated carbocycles. The van der Waals surface area contributed by atoms with Gasteiger partial charge in [0.1, 0.15) is 0 Å². The third-order valence-corrected chi connectivity index (χ3v) is 4.53. The van der Waals surface area contributed by atoms with Gasteiger partial charge in [-0.3, -0.25) is 0 Å². The average Bonchev–Trinajstić information content (AvgIpc) is 2.55. The number of hydrogen-bond donors (Lipinski definition) is 2. The van der Waals surface area contributed by atoms with E-state index in [0.717, 1.165) is 12.0 Å². The lowest BCUT2D eigenvalue weighted by atomic mass is 9.81. The second kappa shape index (κ2) is 6.42. The highest BCUT2D eigenvalue weighted by Gasteiger charge is 2.24. The molecule has 0 amide bonds. The number of hydrogen-bond acceptors (Lipinski definition) is 2. The van der Waals surface area contributed by atoms with Crippen molar-refractivity contribution in [2.24, 2.45) is 0 Å². The van der Waals surface area contributed by atoms with Gasteiger partial charge in [0, 0.05) is 12.6 Å². The topological polar surface area (TPSA) is 32.3 Å². The second-order valence-corrected chi connectivity index (χ2v) is 5.99. The van der Waals surface area contributed by atoms with E-state index in [9.17, 15) is 5.11 Å². The van der Waals surface area contributed by atoms with Crippen LogP contribution < -0.4 is 5.32 Å². The van der Waals surface area contributed by atoms with Gasteiger partial charge in [0.15, 0.2) is 0 Å². The van der Waals surface area contributed by atoms with Crippen LogP contribution in [-0.4, -0.2) is 11.7 Å². The molecule has 2 nitrogen and oxygen atoms in total. The first-order chi connectivity index (χ1) is 10.3. The highest BCUT2D eigenvalue weighted by molar-refractivity contribution is 5.35. The number of nitrogens with one attached hydrogen (secondary N) is 1. The summed E-state index contributed by atoms with van der Waals surface area (Å²) in [6, 6.07) is 18.9. The lowest BCUT2D eigenvalue weighted by molar-refractivity contribution is 0.168. The van der Waals surface area contributed by atoms with Crippen LogP contribution in [0.4, 0.5) is 0 Å². The maximum atomic E-state index is 10.3. The minimum Gasteiger partial charge on any atom is -0.387 e. The number of fused-ring (bicyclic) bond motifs is 1. The van der Waals surface area contributed by atoms with Crippen molar-refractivity contribution in [3.05, 3.63) is 71.3 Å². The highest BCUT2D eigenvalue weighted by Crippen LogP contribution is 2.37. The Kier molecular flexibility index (Phi) is 4.37. The summed E-state index contributed by atoms with van der Waals surface area (Å²) in [5.74, 6) is 0.637. The molecule has 0 aromatic heterocycles. The highest BCUT2D eigenvalue weighted by atomic mass is 16.3. The zero-order chi connectivity index (χ0) is 14.7. The molecule has 3 rings (SSSR count). The summed E-state index contributed by atoms with van der Waals surface area (Å²) in [7, 11) is 0. The molecular formula is C19H23NO. The van der Waals surface area contributed by atoms with Crippen LogP contribution in [0.25, 0.3) is 0 Å². The first-order valence-corrected chi connectivity index (χ1v) is 7.81. The van der Waals surface area contributed by atoms with Gasteiger partial charge in [-0.15, -0.1) is 0 Å². The summed E-state index contributed by atoms with van der Waals surface area (Å²) in [4.78, 5) is 0. The molecule has 2 aromatic rings. The Balaban J connectivity index is 1.68. The van der Waals surface area contributed by atoms with Crippen molar-refractivity contribution in [2.75, 3.05) is 6.54 Å². The first kappa shape index (κ1) is 14.3. The molecule has 3 unspecified atom stereocenters. The lowest BCUT2D eigenvalue weighted by Crippen LogP contribution is -2.29. The van der Waals surface area contributed by atoms with E-state index in [1.807, 2.05) is 30.3 Å². The zero-order valence-corrected chi connectivity index (χ0v) is 12.5. The van der Waals surface area contributed by atoms with E-state index in [4.69, 9.17) is 0 Å². The monoisotopic (exact) mass is 281 g/mol. The van der Waals surface area contributed by atoms with Crippen molar-refractivity contribution in [1.82, 2.24) is 5.32 Å².